The molecular weight excluding hydrogens is 395 g/mol. The summed E-state index contributed by atoms with van der Waals surface area (Å²) in [4.78, 5) is 22.6. The van der Waals surface area contributed by atoms with Crippen LogP contribution in [0.1, 0.15) is 54.2 Å². The largest absolute Gasteiger partial charge is 0.433 e. The van der Waals surface area contributed by atoms with E-state index < -0.39 is 29.0 Å². The zero-order valence-corrected chi connectivity index (χ0v) is 15.4. The lowest BCUT2D eigenvalue weighted by molar-refractivity contribution is -0.141. The van der Waals surface area contributed by atoms with Gasteiger partial charge >= 0.3 is 6.18 Å². The molecule has 7 nitrogen and oxygen atoms in total. The molecule has 0 spiro atoms. The van der Waals surface area contributed by atoms with Crippen LogP contribution in [0.15, 0.2) is 27.7 Å². The van der Waals surface area contributed by atoms with Crippen LogP contribution in [-0.2, 0) is 11.7 Å². The van der Waals surface area contributed by atoms with Crippen LogP contribution in [0, 0.1) is 0 Å². The highest BCUT2D eigenvalue weighted by Crippen LogP contribution is 2.38. The van der Waals surface area contributed by atoms with Crippen molar-refractivity contribution in [1.29, 1.82) is 0 Å². The first-order chi connectivity index (χ1) is 13.4. The number of nitrogens with zero attached hydrogens (tertiary/aromatic N) is 3. The molecule has 11 heteroatoms. The number of hydrogen-bond acceptors (Lipinski definition) is 6. The molecule has 1 aliphatic rings. The zero-order chi connectivity index (χ0) is 19.8. The minimum atomic E-state index is -4.71. The Labute approximate surface area is 161 Å². The van der Waals surface area contributed by atoms with Gasteiger partial charge in [-0.1, -0.05) is 24.4 Å². The van der Waals surface area contributed by atoms with Gasteiger partial charge in [-0.3, -0.25) is 4.79 Å². The predicted octanol–water partition coefficient (Wildman–Crippen LogP) is 4.13. The molecule has 1 fully saturated rings. The third-order valence-electron chi connectivity index (χ3n) is 4.81. The summed E-state index contributed by atoms with van der Waals surface area (Å²) < 4.78 is 44.8. The van der Waals surface area contributed by atoms with Gasteiger partial charge in [-0.05, 0) is 24.3 Å². The molecule has 1 aliphatic carbocycles. The van der Waals surface area contributed by atoms with Crippen molar-refractivity contribution in [2.75, 3.05) is 0 Å². The number of aromatic amines is 1. The standard InChI is InChI=1S/C17H16F3N5O2S/c18-17(19,20)12-11(21-9-22-12)14(26)24-16(5-2-1-3-6-16)15-23-13(25-27-15)10-4-7-28-8-10/h4,7-9H,1-3,5-6H2,(H,21,22)(H,24,26). The van der Waals surface area contributed by atoms with Crippen LogP contribution in [0.25, 0.3) is 11.4 Å². The van der Waals surface area contributed by atoms with Crippen LogP contribution in [0.2, 0.25) is 0 Å². The van der Waals surface area contributed by atoms with Crippen molar-refractivity contribution >= 4 is 17.2 Å². The van der Waals surface area contributed by atoms with Gasteiger partial charge in [0.15, 0.2) is 11.4 Å². The number of carbonyl (C=O) groups is 1. The van der Waals surface area contributed by atoms with Gasteiger partial charge in [0.05, 0.1) is 6.33 Å². The fourth-order valence-electron chi connectivity index (χ4n) is 3.43. The van der Waals surface area contributed by atoms with Crippen molar-refractivity contribution in [3.8, 4) is 11.4 Å². The first kappa shape index (κ1) is 18.7. The molecular formula is C17H16F3N5O2S. The number of alkyl halides is 3. The first-order valence-electron chi connectivity index (χ1n) is 8.69. The van der Waals surface area contributed by atoms with Gasteiger partial charge in [0.2, 0.25) is 5.82 Å². The molecule has 2 N–H and O–H groups in total. The Bertz CT molecular complexity index is 958. The van der Waals surface area contributed by atoms with Crippen LogP contribution in [0.3, 0.4) is 0 Å². The Balaban J connectivity index is 1.65. The summed E-state index contributed by atoms with van der Waals surface area (Å²) in [6, 6.07) is 1.84. The van der Waals surface area contributed by atoms with Gasteiger partial charge in [0, 0.05) is 10.9 Å². The van der Waals surface area contributed by atoms with E-state index in [0.29, 0.717) is 18.7 Å². The number of imidazole rings is 1. The van der Waals surface area contributed by atoms with E-state index in [0.717, 1.165) is 31.2 Å². The van der Waals surface area contributed by atoms with Gasteiger partial charge < -0.3 is 14.8 Å². The maximum atomic E-state index is 13.1. The summed E-state index contributed by atoms with van der Waals surface area (Å²) in [6.07, 6.45) is -0.344. The van der Waals surface area contributed by atoms with Crippen molar-refractivity contribution in [3.05, 3.63) is 40.4 Å². The van der Waals surface area contributed by atoms with Gasteiger partial charge in [-0.2, -0.15) is 29.5 Å². The molecule has 148 valence electrons. The topological polar surface area (TPSA) is 96.7 Å². The molecule has 0 saturated heterocycles. The lowest BCUT2D eigenvalue weighted by Crippen LogP contribution is -2.48. The minimum absolute atomic E-state index is 0.200. The van der Waals surface area contributed by atoms with Gasteiger partial charge in [0.25, 0.3) is 11.8 Å². The minimum Gasteiger partial charge on any atom is -0.340 e. The molecule has 0 radical (unpaired) electrons. The Morgan fingerprint density at radius 1 is 1.29 bits per heavy atom. The number of thiophene rings is 1. The number of H-pyrrole nitrogens is 1. The average Bonchev–Trinajstić information content (AvgIpc) is 3.42. The highest BCUT2D eigenvalue weighted by molar-refractivity contribution is 7.08. The monoisotopic (exact) mass is 411 g/mol. The van der Waals surface area contributed by atoms with Crippen molar-refractivity contribution in [2.24, 2.45) is 0 Å². The molecule has 1 saturated carbocycles. The predicted molar refractivity (Wildman–Crippen MR) is 93.4 cm³/mol. The summed E-state index contributed by atoms with van der Waals surface area (Å²) >= 11 is 1.48. The molecule has 3 aromatic rings. The Morgan fingerprint density at radius 2 is 2.07 bits per heavy atom. The summed E-state index contributed by atoms with van der Waals surface area (Å²) in [5.41, 5.74) is -2.11. The lowest BCUT2D eigenvalue weighted by Gasteiger charge is -2.34. The lowest BCUT2D eigenvalue weighted by atomic mass is 9.81. The molecule has 0 unspecified atom stereocenters. The van der Waals surface area contributed by atoms with E-state index in [4.69, 9.17) is 4.52 Å². The van der Waals surface area contributed by atoms with Crippen molar-refractivity contribution < 1.29 is 22.5 Å². The van der Waals surface area contributed by atoms with E-state index >= 15 is 0 Å². The number of halogens is 3. The molecule has 0 atom stereocenters. The molecule has 3 aromatic heterocycles. The van der Waals surface area contributed by atoms with E-state index in [1.54, 1.807) is 0 Å². The molecule has 0 aromatic carbocycles. The molecule has 1 amide bonds. The van der Waals surface area contributed by atoms with Crippen molar-refractivity contribution in [1.82, 2.24) is 25.4 Å². The second kappa shape index (κ2) is 7.04. The van der Waals surface area contributed by atoms with Crippen molar-refractivity contribution in [3.63, 3.8) is 0 Å². The first-order valence-corrected chi connectivity index (χ1v) is 9.63. The fraction of sp³-hybridized carbons (Fsp3) is 0.412. The number of rotatable bonds is 4. The number of nitrogens with one attached hydrogen (secondary N) is 2. The third kappa shape index (κ3) is 3.41. The van der Waals surface area contributed by atoms with Gasteiger partial charge in [-0.15, -0.1) is 0 Å². The van der Waals surface area contributed by atoms with Crippen LogP contribution in [0.4, 0.5) is 13.2 Å². The highest BCUT2D eigenvalue weighted by atomic mass is 32.1. The van der Waals surface area contributed by atoms with Gasteiger partial charge in [0.1, 0.15) is 5.54 Å². The van der Waals surface area contributed by atoms with E-state index in [1.165, 1.54) is 11.3 Å². The Hall–Kier alpha value is -2.69. The molecule has 28 heavy (non-hydrogen) atoms. The smallest absolute Gasteiger partial charge is 0.340 e. The van der Waals surface area contributed by atoms with Crippen molar-refractivity contribution in [2.45, 2.75) is 43.8 Å². The normalized spacial score (nSPS) is 16.8. The van der Waals surface area contributed by atoms with E-state index in [9.17, 15) is 18.0 Å². The number of aromatic nitrogens is 4. The number of hydrogen-bond donors (Lipinski definition) is 2. The highest BCUT2D eigenvalue weighted by Gasteiger charge is 2.44. The zero-order valence-electron chi connectivity index (χ0n) is 14.5. The summed E-state index contributed by atoms with van der Waals surface area (Å²) in [5.74, 6) is -0.345. The molecule has 3 heterocycles. The van der Waals surface area contributed by atoms with E-state index in [2.05, 4.69) is 20.4 Å². The SMILES string of the molecule is O=C(NC1(c2nc(-c3ccsc3)no2)CCCCC1)c1nc[nH]c1C(F)(F)F. The maximum absolute atomic E-state index is 13.1. The quantitative estimate of drug-likeness (QED) is 0.673. The Morgan fingerprint density at radius 3 is 2.75 bits per heavy atom. The van der Waals surface area contributed by atoms with Crippen LogP contribution >= 0.6 is 11.3 Å². The van der Waals surface area contributed by atoms with Crippen LogP contribution < -0.4 is 5.32 Å². The third-order valence-corrected chi connectivity index (χ3v) is 5.50. The molecule has 4 rings (SSSR count). The maximum Gasteiger partial charge on any atom is 0.433 e. The molecule has 0 bridgehead atoms. The van der Waals surface area contributed by atoms with E-state index in [-0.39, 0.29) is 5.89 Å². The number of carbonyl (C=O) groups excluding carboxylic acids is 1. The average molecular weight is 411 g/mol. The number of amides is 1. The summed E-state index contributed by atoms with van der Waals surface area (Å²) in [6.45, 7) is 0. The summed E-state index contributed by atoms with van der Waals surface area (Å²) in [7, 11) is 0. The van der Waals surface area contributed by atoms with Gasteiger partial charge in [-0.25, -0.2) is 4.98 Å². The van der Waals surface area contributed by atoms with Crippen LogP contribution in [0.5, 0.6) is 0 Å². The second-order valence-corrected chi connectivity index (χ2v) is 7.44. The Kier molecular flexibility index (Phi) is 4.69. The summed E-state index contributed by atoms with van der Waals surface area (Å²) in [5, 5.41) is 10.4. The van der Waals surface area contributed by atoms with E-state index in [1.807, 2.05) is 21.8 Å². The second-order valence-electron chi connectivity index (χ2n) is 6.66. The van der Waals surface area contributed by atoms with Crippen LogP contribution in [-0.4, -0.2) is 26.0 Å². The molecule has 0 aliphatic heterocycles. The fourth-order valence-corrected chi connectivity index (χ4v) is 4.07.